The molecule has 0 aliphatic heterocycles. The van der Waals surface area contributed by atoms with Crippen LogP contribution in [-0.4, -0.2) is 25.7 Å². The summed E-state index contributed by atoms with van der Waals surface area (Å²) in [6, 6.07) is 4.52. The molecule has 0 bridgehead atoms. The standard InChI is InChI=1S/C18H27BrN2O3.ClH/c1-23-16-10-13(9-15(19)18(16)24-12-17(20)22)11-21-14-7-5-3-2-4-6-8-14;/h9-10,14,21H,2-8,11-12H2,1H3,(H2,20,22);1H. The summed E-state index contributed by atoms with van der Waals surface area (Å²) in [6.07, 6.45) is 9.20. The Morgan fingerprint density at radius 3 is 2.48 bits per heavy atom. The van der Waals surface area contributed by atoms with E-state index >= 15 is 0 Å². The highest BCUT2D eigenvalue weighted by atomic mass is 79.9. The van der Waals surface area contributed by atoms with Crippen LogP contribution in [0.5, 0.6) is 11.5 Å². The summed E-state index contributed by atoms with van der Waals surface area (Å²) in [6.45, 7) is 0.615. The second-order valence-corrected chi connectivity index (χ2v) is 7.14. The summed E-state index contributed by atoms with van der Waals surface area (Å²) in [4.78, 5) is 10.9. The molecule has 142 valence electrons. The number of hydrogen-bond acceptors (Lipinski definition) is 4. The van der Waals surface area contributed by atoms with Crippen molar-refractivity contribution in [2.75, 3.05) is 13.7 Å². The number of primary amides is 1. The SMILES string of the molecule is COc1cc(CNC2CCCCCCC2)cc(Br)c1OCC(N)=O.Cl. The van der Waals surface area contributed by atoms with E-state index in [1.807, 2.05) is 12.1 Å². The first kappa shape index (κ1) is 22.1. The Morgan fingerprint density at radius 1 is 1.24 bits per heavy atom. The van der Waals surface area contributed by atoms with E-state index in [0.717, 1.165) is 16.6 Å². The molecule has 0 aromatic heterocycles. The van der Waals surface area contributed by atoms with Crippen LogP contribution >= 0.6 is 28.3 Å². The molecule has 1 aliphatic rings. The van der Waals surface area contributed by atoms with Crippen LogP contribution in [0.4, 0.5) is 0 Å². The van der Waals surface area contributed by atoms with Gasteiger partial charge < -0.3 is 20.5 Å². The normalized spacial score (nSPS) is 15.6. The van der Waals surface area contributed by atoms with Crippen LogP contribution in [0.3, 0.4) is 0 Å². The maximum atomic E-state index is 10.9. The second kappa shape index (κ2) is 11.6. The van der Waals surface area contributed by atoms with Gasteiger partial charge in [0, 0.05) is 12.6 Å². The number of nitrogens with one attached hydrogen (secondary N) is 1. The predicted molar refractivity (Wildman–Crippen MR) is 106 cm³/mol. The first-order valence-corrected chi connectivity index (χ1v) is 9.40. The van der Waals surface area contributed by atoms with Gasteiger partial charge in [-0.2, -0.15) is 0 Å². The summed E-state index contributed by atoms with van der Waals surface area (Å²) in [7, 11) is 1.59. The first-order chi connectivity index (χ1) is 11.6. The van der Waals surface area contributed by atoms with Crippen molar-refractivity contribution in [1.29, 1.82) is 0 Å². The van der Waals surface area contributed by atoms with Gasteiger partial charge in [-0.3, -0.25) is 4.79 Å². The van der Waals surface area contributed by atoms with Crippen molar-refractivity contribution in [2.24, 2.45) is 5.73 Å². The summed E-state index contributed by atoms with van der Waals surface area (Å²) < 4.78 is 11.6. The van der Waals surface area contributed by atoms with Crippen molar-refractivity contribution in [3.05, 3.63) is 22.2 Å². The minimum atomic E-state index is -0.515. The molecule has 25 heavy (non-hydrogen) atoms. The molecule has 1 fully saturated rings. The van der Waals surface area contributed by atoms with Crippen molar-refractivity contribution in [1.82, 2.24) is 5.32 Å². The molecule has 1 amide bonds. The van der Waals surface area contributed by atoms with Crippen molar-refractivity contribution in [3.63, 3.8) is 0 Å². The second-order valence-electron chi connectivity index (χ2n) is 6.29. The van der Waals surface area contributed by atoms with Crippen molar-refractivity contribution < 1.29 is 14.3 Å². The van der Waals surface area contributed by atoms with Gasteiger partial charge in [-0.05, 0) is 46.5 Å². The van der Waals surface area contributed by atoms with Crippen LogP contribution in [0.25, 0.3) is 0 Å². The van der Waals surface area contributed by atoms with Gasteiger partial charge in [0.1, 0.15) is 0 Å². The molecule has 1 saturated carbocycles. The highest BCUT2D eigenvalue weighted by molar-refractivity contribution is 9.10. The first-order valence-electron chi connectivity index (χ1n) is 8.61. The van der Waals surface area contributed by atoms with E-state index < -0.39 is 5.91 Å². The fourth-order valence-electron chi connectivity index (χ4n) is 3.08. The van der Waals surface area contributed by atoms with E-state index in [4.69, 9.17) is 15.2 Å². The Balaban J connectivity index is 0.00000312. The molecular weight excluding hydrogens is 408 g/mol. The summed E-state index contributed by atoms with van der Waals surface area (Å²) >= 11 is 3.49. The van der Waals surface area contributed by atoms with E-state index in [0.29, 0.717) is 17.5 Å². The van der Waals surface area contributed by atoms with Gasteiger partial charge in [-0.15, -0.1) is 12.4 Å². The van der Waals surface area contributed by atoms with Crippen LogP contribution in [0.15, 0.2) is 16.6 Å². The number of benzene rings is 1. The van der Waals surface area contributed by atoms with Crippen molar-refractivity contribution in [3.8, 4) is 11.5 Å². The number of ether oxygens (including phenoxy) is 2. The molecule has 1 aliphatic carbocycles. The molecule has 0 heterocycles. The number of halogens is 2. The number of amides is 1. The molecular formula is C18H28BrClN2O3. The monoisotopic (exact) mass is 434 g/mol. The van der Waals surface area contributed by atoms with Gasteiger partial charge in [0.05, 0.1) is 11.6 Å². The number of methoxy groups -OCH3 is 1. The number of nitrogens with two attached hydrogens (primary N) is 1. The molecule has 0 saturated heterocycles. The molecule has 1 aromatic carbocycles. The fourth-order valence-corrected chi connectivity index (χ4v) is 3.69. The lowest BCUT2D eigenvalue weighted by Gasteiger charge is -2.21. The van der Waals surface area contributed by atoms with Gasteiger partial charge in [-0.25, -0.2) is 0 Å². The predicted octanol–water partition coefficient (Wildman–Crippen LogP) is 3.95. The molecule has 0 spiro atoms. The van der Waals surface area contributed by atoms with Gasteiger partial charge >= 0.3 is 0 Å². The Hall–Kier alpha value is -0.980. The highest BCUT2D eigenvalue weighted by Crippen LogP contribution is 2.36. The van der Waals surface area contributed by atoms with Gasteiger partial charge in [-0.1, -0.05) is 32.1 Å². The summed E-state index contributed by atoms with van der Waals surface area (Å²) in [5.74, 6) is 0.588. The summed E-state index contributed by atoms with van der Waals surface area (Å²) in [5.41, 5.74) is 6.25. The Morgan fingerprint density at radius 2 is 1.88 bits per heavy atom. The van der Waals surface area contributed by atoms with Crippen LogP contribution in [0, 0.1) is 0 Å². The molecule has 5 nitrogen and oxygen atoms in total. The third-order valence-electron chi connectivity index (χ3n) is 4.35. The summed E-state index contributed by atoms with van der Waals surface area (Å²) in [5, 5.41) is 3.66. The lowest BCUT2D eigenvalue weighted by molar-refractivity contribution is -0.119. The molecule has 2 rings (SSSR count). The smallest absolute Gasteiger partial charge is 0.255 e. The lowest BCUT2D eigenvalue weighted by atomic mass is 9.96. The lowest BCUT2D eigenvalue weighted by Crippen LogP contribution is -2.29. The topological polar surface area (TPSA) is 73.6 Å². The Bertz CT molecular complexity index is 549. The number of carbonyl (C=O) groups is 1. The minimum Gasteiger partial charge on any atom is -0.493 e. The average Bonchev–Trinajstić information content (AvgIpc) is 2.52. The largest absolute Gasteiger partial charge is 0.493 e. The van der Waals surface area contributed by atoms with Crippen molar-refractivity contribution in [2.45, 2.75) is 57.5 Å². The number of rotatable bonds is 7. The maximum Gasteiger partial charge on any atom is 0.255 e. The van der Waals surface area contributed by atoms with E-state index in [9.17, 15) is 4.79 Å². The molecule has 3 N–H and O–H groups in total. The van der Waals surface area contributed by atoms with E-state index in [-0.39, 0.29) is 19.0 Å². The zero-order valence-electron chi connectivity index (χ0n) is 14.7. The Kier molecular flexibility index (Phi) is 10.2. The zero-order chi connectivity index (χ0) is 17.4. The van der Waals surface area contributed by atoms with E-state index in [1.54, 1.807) is 7.11 Å². The minimum absolute atomic E-state index is 0. The van der Waals surface area contributed by atoms with E-state index in [1.165, 1.54) is 44.9 Å². The molecule has 0 atom stereocenters. The third-order valence-corrected chi connectivity index (χ3v) is 4.94. The van der Waals surface area contributed by atoms with Gasteiger partial charge in [0.2, 0.25) is 0 Å². The highest BCUT2D eigenvalue weighted by Gasteiger charge is 2.15. The van der Waals surface area contributed by atoms with Crippen LogP contribution in [0.1, 0.15) is 50.5 Å². The molecule has 0 unspecified atom stereocenters. The zero-order valence-corrected chi connectivity index (χ0v) is 17.1. The molecule has 7 heteroatoms. The fraction of sp³-hybridized carbons (Fsp3) is 0.611. The molecule has 0 radical (unpaired) electrons. The molecule has 1 aromatic rings. The van der Waals surface area contributed by atoms with Crippen LogP contribution in [0.2, 0.25) is 0 Å². The van der Waals surface area contributed by atoms with Gasteiger partial charge in [0.25, 0.3) is 5.91 Å². The van der Waals surface area contributed by atoms with Crippen LogP contribution in [-0.2, 0) is 11.3 Å². The quantitative estimate of drug-likeness (QED) is 0.680. The van der Waals surface area contributed by atoms with Crippen molar-refractivity contribution >= 4 is 34.2 Å². The number of carbonyl (C=O) groups excluding carboxylic acids is 1. The third kappa shape index (κ3) is 7.42. The number of hydrogen-bond donors (Lipinski definition) is 2. The maximum absolute atomic E-state index is 10.9. The van der Waals surface area contributed by atoms with Gasteiger partial charge in [0.15, 0.2) is 18.1 Å². The van der Waals surface area contributed by atoms with E-state index in [2.05, 4.69) is 21.2 Å². The Labute approximate surface area is 164 Å². The average molecular weight is 436 g/mol. The van der Waals surface area contributed by atoms with Crippen LogP contribution < -0.4 is 20.5 Å².